The zero-order valence-corrected chi connectivity index (χ0v) is 14.5. The molecule has 0 aromatic heterocycles. The molecule has 3 rings (SSSR count). The lowest BCUT2D eigenvalue weighted by atomic mass is 9.85. The molecule has 0 spiro atoms. The molecule has 1 aliphatic rings. The summed E-state index contributed by atoms with van der Waals surface area (Å²) in [6, 6.07) is 13.5. The number of fused-ring (bicyclic) bond motifs is 1. The molecule has 0 unspecified atom stereocenters. The molecule has 4 heteroatoms. The zero-order valence-electron chi connectivity index (χ0n) is 14.5. The highest BCUT2D eigenvalue weighted by atomic mass is 16.2. The summed E-state index contributed by atoms with van der Waals surface area (Å²) in [6.45, 7) is 6.31. The van der Waals surface area contributed by atoms with E-state index in [1.807, 2.05) is 57.2 Å². The normalized spacial score (nSPS) is 15.3. The summed E-state index contributed by atoms with van der Waals surface area (Å²) in [5, 5.41) is 2.94. The second kappa shape index (κ2) is 5.78. The van der Waals surface area contributed by atoms with Gasteiger partial charge in [0.15, 0.2) is 0 Å². The molecule has 0 saturated heterocycles. The Hall–Kier alpha value is -2.62. The van der Waals surface area contributed by atoms with Gasteiger partial charge in [0, 0.05) is 24.8 Å². The third kappa shape index (κ3) is 2.68. The fourth-order valence-electron chi connectivity index (χ4n) is 3.10. The van der Waals surface area contributed by atoms with E-state index in [2.05, 4.69) is 5.32 Å². The number of rotatable bonds is 3. The number of anilines is 1. The molecule has 0 saturated carbocycles. The Bertz CT molecular complexity index is 807. The van der Waals surface area contributed by atoms with Crippen molar-refractivity contribution in [1.82, 2.24) is 5.32 Å². The predicted octanol–water partition coefficient (Wildman–Crippen LogP) is 3.18. The van der Waals surface area contributed by atoms with Crippen LogP contribution in [0.1, 0.15) is 40.9 Å². The molecule has 0 aliphatic carbocycles. The van der Waals surface area contributed by atoms with Gasteiger partial charge in [0.25, 0.3) is 5.91 Å². The molecule has 0 bridgehead atoms. The monoisotopic (exact) mass is 322 g/mol. The molecule has 2 aromatic carbocycles. The van der Waals surface area contributed by atoms with Gasteiger partial charge in [-0.1, -0.05) is 29.8 Å². The highest BCUT2D eigenvalue weighted by Gasteiger charge is 2.42. The van der Waals surface area contributed by atoms with Crippen LogP contribution in [-0.4, -0.2) is 18.9 Å². The third-order valence-corrected chi connectivity index (χ3v) is 4.71. The van der Waals surface area contributed by atoms with Crippen LogP contribution in [0.5, 0.6) is 0 Å². The SMILES string of the molecule is Cc1ccc(CNC(=O)c2ccc3c(c2)C(C)(C)C(=O)N3C)cc1. The number of aryl methyl sites for hydroxylation is 1. The van der Waals surface area contributed by atoms with Crippen molar-refractivity contribution >= 4 is 17.5 Å². The predicted molar refractivity (Wildman–Crippen MR) is 95.2 cm³/mol. The highest BCUT2D eigenvalue weighted by molar-refractivity contribution is 6.08. The Morgan fingerprint density at radius 2 is 1.79 bits per heavy atom. The van der Waals surface area contributed by atoms with Gasteiger partial charge in [0.2, 0.25) is 5.91 Å². The molecule has 0 atom stereocenters. The lowest BCUT2D eigenvalue weighted by molar-refractivity contribution is -0.121. The van der Waals surface area contributed by atoms with E-state index in [-0.39, 0.29) is 11.8 Å². The minimum atomic E-state index is -0.600. The maximum atomic E-state index is 12.4. The number of carbonyl (C=O) groups is 2. The Balaban J connectivity index is 1.79. The second-order valence-corrected chi connectivity index (χ2v) is 6.89. The molecular weight excluding hydrogens is 300 g/mol. The third-order valence-electron chi connectivity index (χ3n) is 4.71. The van der Waals surface area contributed by atoms with Crippen LogP contribution in [-0.2, 0) is 16.8 Å². The fourth-order valence-corrected chi connectivity index (χ4v) is 3.10. The van der Waals surface area contributed by atoms with Crippen molar-refractivity contribution in [3.8, 4) is 0 Å². The fraction of sp³-hybridized carbons (Fsp3) is 0.300. The van der Waals surface area contributed by atoms with Gasteiger partial charge in [0.05, 0.1) is 5.41 Å². The number of benzene rings is 2. The summed E-state index contributed by atoms with van der Waals surface area (Å²) in [4.78, 5) is 26.4. The van der Waals surface area contributed by atoms with Crippen LogP contribution in [0.4, 0.5) is 5.69 Å². The largest absolute Gasteiger partial charge is 0.348 e. The van der Waals surface area contributed by atoms with Crippen LogP contribution in [0.2, 0.25) is 0 Å². The molecule has 0 fully saturated rings. The van der Waals surface area contributed by atoms with E-state index in [1.54, 1.807) is 18.0 Å². The summed E-state index contributed by atoms with van der Waals surface area (Å²) in [5.41, 5.74) is 4.01. The number of carbonyl (C=O) groups excluding carboxylic acids is 2. The van der Waals surface area contributed by atoms with Crippen molar-refractivity contribution < 1.29 is 9.59 Å². The van der Waals surface area contributed by atoms with Gasteiger partial charge in [-0.25, -0.2) is 0 Å². The number of hydrogen-bond donors (Lipinski definition) is 1. The van der Waals surface area contributed by atoms with Crippen molar-refractivity contribution in [3.05, 3.63) is 64.7 Å². The molecule has 0 radical (unpaired) electrons. The van der Waals surface area contributed by atoms with Gasteiger partial charge in [-0.3, -0.25) is 9.59 Å². The quantitative estimate of drug-likeness (QED) is 0.943. The van der Waals surface area contributed by atoms with Crippen molar-refractivity contribution in [2.45, 2.75) is 32.7 Å². The van der Waals surface area contributed by atoms with Crippen LogP contribution < -0.4 is 10.2 Å². The van der Waals surface area contributed by atoms with Gasteiger partial charge in [-0.05, 0) is 50.1 Å². The van der Waals surface area contributed by atoms with Gasteiger partial charge in [0.1, 0.15) is 0 Å². The number of nitrogens with one attached hydrogen (secondary N) is 1. The Labute approximate surface area is 142 Å². The number of amides is 2. The first-order valence-corrected chi connectivity index (χ1v) is 8.07. The first-order chi connectivity index (χ1) is 11.3. The van der Waals surface area contributed by atoms with Gasteiger partial charge >= 0.3 is 0 Å². The highest BCUT2D eigenvalue weighted by Crippen LogP contribution is 2.40. The van der Waals surface area contributed by atoms with E-state index in [1.165, 1.54) is 5.56 Å². The van der Waals surface area contributed by atoms with Crippen LogP contribution in [0.25, 0.3) is 0 Å². The van der Waals surface area contributed by atoms with Gasteiger partial charge in [-0.15, -0.1) is 0 Å². The Morgan fingerprint density at radius 1 is 1.12 bits per heavy atom. The first-order valence-electron chi connectivity index (χ1n) is 8.07. The average molecular weight is 322 g/mol. The summed E-state index contributed by atoms with van der Waals surface area (Å²) in [7, 11) is 1.77. The van der Waals surface area contributed by atoms with E-state index in [0.717, 1.165) is 16.8 Å². The summed E-state index contributed by atoms with van der Waals surface area (Å²) in [6.07, 6.45) is 0. The zero-order chi connectivity index (χ0) is 17.5. The van der Waals surface area contributed by atoms with Crippen LogP contribution >= 0.6 is 0 Å². The first kappa shape index (κ1) is 16.2. The molecule has 1 N–H and O–H groups in total. The Morgan fingerprint density at radius 3 is 2.46 bits per heavy atom. The molecular formula is C20H22N2O2. The molecule has 24 heavy (non-hydrogen) atoms. The smallest absolute Gasteiger partial charge is 0.251 e. The standard InChI is InChI=1S/C20H22N2O2/c1-13-5-7-14(8-6-13)12-21-18(23)15-9-10-17-16(11-15)20(2,3)19(24)22(17)4/h5-11H,12H2,1-4H3,(H,21,23). The van der Waals surface area contributed by atoms with Crippen molar-refractivity contribution in [2.24, 2.45) is 0 Å². The van der Waals surface area contributed by atoms with Crippen LogP contribution in [0.15, 0.2) is 42.5 Å². The minimum Gasteiger partial charge on any atom is -0.348 e. The lowest BCUT2D eigenvalue weighted by Crippen LogP contribution is -2.33. The van der Waals surface area contributed by atoms with Crippen LogP contribution in [0, 0.1) is 6.92 Å². The van der Waals surface area contributed by atoms with Gasteiger partial charge in [-0.2, -0.15) is 0 Å². The second-order valence-electron chi connectivity index (χ2n) is 6.89. The van der Waals surface area contributed by atoms with Crippen molar-refractivity contribution in [1.29, 1.82) is 0 Å². The Kier molecular flexibility index (Phi) is 3.91. The summed E-state index contributed by atoms with van der Waals surface area (Å²) < 4.78 is 0. The average Bonchev–Trinajstić information content (AvgIpc) is 2.74. The van der Waals surface area contributed by atoms with E-state index in [0.29, 0.717) is 12.1 Å². The van der Waals surface area contributed by atoms with Crippen molar-refractivity contribution in [3.63, 3.8) is 0 Å². The molecule has 124 valence electrons. The van der Waals surface area contributed by atoms with E-state index >= 15 is 0 Å². The summed E-state index contributed by atoms with van der Waals surface area (Å²) >= 11 is 0. The number of nitrogens with zero attached hydrogens (tertiary/aromatic N) is 1. The molecule has 4 nitrogen and oxygen atoms in total. The topological polar surface area (TPSA) is 49.4 Å². The maximum Gasteiger partial charge on any atom is 0.251 e. The van der Waals surface area contributed by atoms with E-state index < -0.39 is 5.41 Å². The number of likely N-dealkylation sites (N-methyl/N-ethyl adjacent to an activating group) is 1. The van der Waals surface area contributed by atoms with Gasteiger partial charge < -0.3 is 10.2 Å². The van der Waals surface area contributed by atoms with E-state index in [4.69, 9.17) is 0 Å². The summed E-state index contributed by atoms with van der Waals surface area (Å²) in [5.74, 6) is -0.0779. The molecule has 2 aromatic rings. The van der Waals surface area contributed by atoms with Crippen LogP contribution in [0.3, 0.4) is 0 Å². The minimum absolute atomic E-state index is 0.0507. The molecule has 2 amide bonds. The molecule has 1 heterocycles. The lowest BCUT2D eigenvalue weighted by Gasteiger charge is -2.16. The molecule has 1 aliphatic heterocycles. The number of hydrogen-bond acceptors (Lipinski definition) is 2. The van der Waals surface area contributed by atoms with Crippen molar-refractivity contribution in [2.75, 3.05) is 11.9 Å². The maximum absolute atomic E-state index is 12.4. The van der Waals surface area contributed by atoms with E-state index in [9.17, 15) is 9.59 Å².